The zero-order valence-corrected chi connectivity index (χ0v) is 21.7. The molecule has 8 heteroatoms. The largest absolute Gasteiger partial charge is 0.461 e. The molecule has 37 heavy (non-hydrogen) atoms. The van der Waals surface area contributed by atoms with Gasteiger partial charge in [0.15, 0.2) is 0 Å². The van der Waals surface area contributed by atoms with Gasteiger partial charge in [-0.15, -0.1) is 0 Å². The molecule has 1 spiro atoms. The predicted octanol–water partition coefficient (Wildman–Crippen LogP) is 2.47. The van der Waals surface area contributed by atoms with Crippen LogP contribution in [-0.2, 0) is 30.4 Å². The van der Waals surface area contributed by atoms with Crippen molar-refractivity contribution in [2.75, 3.05) is 19.8 Å². The highest BCUT2D eigenvalue weighted by Crippen LogP contribution is 2.58. The van der Waals surface area contributed by atoms with Crippen LogP contribution in [0.3, 0.4) is 0 Å². The molecule has 1 aromatic carbocycles. The van der Waals surface area contributed by atoms with Gasteiger partial charge in [0.25, 0.3) is 0 Å². The van der Waals surface area contributed by atoms with Crippen LogP contribution in [0.25, 0.3) is 0 Å². The number of cyclic esters (lactones) is 1. The van der Waals surface area contributed by atoms with E-state index in [-0.39, 0.29) is 30.9 Å². The molecule has 0 aromatic heterocycles. The molecular weight excluding hydrogens is 472 g/mol. The fraction of sp³-hybridized carbons (Fsp3) is 0.552. The standard InChI is InChI=1S/C29H36N2O6/c1-4-28-12-9-15-36-27(35)23(28)22-25(33)31(21(18-32)16-19(2)3)24-26(34)30(14-8-13-29(22,24)37-28)17-20-10-6-5-7-11-20/h5-13,19,21-24,32H,4,14-18H2,1-3H3/t21-,22+,23+,24?,28-,29+/m1/s1. The Morgan fingerprint density at radius 1 is 1.05 bits per heavy atom. The molecule has 4 aliphatic rings. The summed E-state index contributed by atoms with van der Waals surface area (Å²) in [4.78, 5) is 45.3. The first-order chi connectivity index (χ1) is 17.8. The van der Waals surface area contributed by atoms with Crippen LogP contribution in [0, 0.1) is 17.8 Å². The average molecular weight is 509 g/mol. The number of carbonyl (C=O) groups excluding carboxylic acids is 3. The number of aliphatic hydroxyl groups excluding tert-OH is 1. The molecule has 4 heterocycles. The lowest BCUT2D eigenvalue weighted by molar-refractivity contribution is -0.161. The Morgan fingerprint density at radius 3 is 2.49 bits per heavy atom. The summed E-state index contributed by atoms with van der Waals surface area (Å²) in [6, 6.07) is 8.13. The molecule has 0 bridgehead atoms. The smallest absolute Gasteiger partial charge is 0.313 e. The summed E-state index contributed by atoms with van der Waals surface area (Å²) >= 11 is 0. The Morgan fingerprint density at radius 2 is 1.81 bits per heavy atom. The number of carbonyl (C=O) groups is 3. The van der Waals surface area contributed by atoms with E-state index in [9.17, 15) is 19.5 Å². The zero-order valence-electron chi connectivity index (χ0n) is 21.7. The third-order valence-corrected chi connectivity index (χ3v) is 8.28. The molecule has 2 fully saturated rings. The molecule has 2 amide bonds. The van der Waals surface area contributed by atoms with Crippen molar-refractivity contribution in [3.05, 3.63) is 60.2 Å². The van der Waals surface area contributed by atoms with Crippen molar-refractivity contribution in [1.82, 2.24) is 9.80 Å². The van der Waals surface area contributed by atoms with Gasteiger partial charge in [-0.05, 0) is 30.4 Å². The maximum absolute atomic E-state index is 14.4. The van der Waals surface area contributed by atoms with E-state index in [1.807, 2.05) is 69.3 Å². The Kier molecular flexibility index (Phi) is 6.75. The van der Waals surface area contributed by atoms with E-state index in [2.05, 4.69) is 0 Å². The number of aliphatic hydroxyl groups is 1. The number of ether oxygens (including phenoxy) is 2. The van der Waals surface area contributed by atoms with Crippen molar-refractivity contribution < 1.29 is 29.0 Å². The highest BCUT2D eigenvalue weighted by Gasteiger charge is 2.76. The first kappa shape index (κ1) is 25.7. The minimum atomic E-state index is -1.34. The second-order valence-electron chi connectivity index (χ2n) is 11.0. The number of hydrogen-bond acceptors (Lipinski definition) is 6. The molecule has 2 saturated heterocycles. The van der Waals surface area contributed by atoms with Crippen LogP contribution in [0.2, 0.25) is 0 Å². The van der Waals surface area contributed by atoms with E-state index in [4.69, 9.17) is 9.47 Å². The predicted molar refractivity (Wildman–Crippen MR) is 136 cm³/mol. The number of amides is 2. The summed E-state index contributed by atoms with van der Waals surface area (Å²) in [5, 5.41) is 10.4. The molecular formula is C29H36N2O6. The molecule has 1 aromatic rings. The molecule has 1 unspecified atom stereocenters. The van der Waals surface area contributed by atoms with Gasteiger partial charge < -0.3 is 24.4 Å². The third kappa shape index (κ3) is 4.01. The minimum absolute atomic E-state index is 0.119. The molecule has 8 nitrogen and oxygen atoms in total. The van der Waals surface area contributed by atoms with Gasteiger partial charge in [-0.25, -0.2) is 0 Å². The van der Waals surface area contributed by atoms with Crippen molar-refractivity contribution in [3.8, 4) is 0 Å². The minimum Gasteiger partial charge on any atom is -0.461 e. The Hall–Kier alpha value is -2.97. The third-order valence-electron chi connectivity index (χ3n) is 8.28. The highest BCUT2D eigenvalue weighted by molar-refractivity contribution is 5.99. The van der Waals surface area contributed by atoms with Crippen molar-refractivity contribution in [1.29, 1.82) is 0 Å². The van der Waals surface area contributed by atoms with Gasteiger partial charge in [-0.1, -0.05) is 69.3 Å². The van der Waals surface area contributed by atoms with Crippen LogP contribution in [-0.4, -0.2) is 75.7 Å². The maximum atomic E-state index is 14.4. The van der Waals surface area contributed by atoms with Crippen LogP contribution in [0.5, 0.6) is 0 Å². The summed E-state index contributed by atoms with van der Waals surface area (Å²) < 4.78 is 12.3. The lowest BCUT2D eigenvalue weighted by Gasteiger charge is -2.41. The normalized spacial score (nSPS) is 33.6. The summed E-state index contributed by atoms with van der Waals surface area (Å²) in [7, 11) is 0. The lowest BCUT2D eigenvalue weighted by Crippen LogP contribution is -2.59. The van der Waals surface area contributed by atoms with Crippen LogP contribution >= 0.6 is 0 Å². The van der Waals surface area contributed by atoms with E-state index in [1.54, 1.807) is 11.0 Å². The maximum Gasteiger partial charge on any atom is 0.313 e. The second kappa shape index (κ2) is 9.72. The SMILES string of the molecule is CC[C@@]12C=CCOC(=O)[C@@H]1[C@H]1C(=O)N([C@@H](CO)CC(C)C)C3C(=O)N(Cc4ccccc4)CC=C[C@@]31O2. The molecule has 5 rings (SSSR count). The van der Waals surface area contributed by atoms with Gasteiger partial charge in [-0.2, -0.15) is 0 Å². The molecule has 0 saturated carbocycles. The number of esters is 1. The fourth-order valence-electron chi connectivity index (χ4n) is 6.74. The number of hydrogen-bond donors (Lipinski definition) is 1. The first-order valence-corrected chi connectivity index (χ1v) is 13.3. The van der Waals surface area contributed by atoms with E-state index in [0.717, 1.165) is 5.56 Å². The van der Waals surface area contributed by atoms with Gasteiger partial charge in [0.05, 0.1) is 18.6 Å². The summed E-state index contributed by atoms with van der Waals surface area (Å²) in [5.74, 6) is -2.69. The Labute approximate surface area is 217 Å². The zero-order chi connectivity index (χ0) is 26.4. The van der Waals surface area contributed by atoms with Crippen molar-refractivity contribution in [2.24, 2.45) is 17.8 Å². The van der Waals surface area contributed by atoms with Gasteiger partial charge >= 0.3 is 5.97 Å². The number of fused-ring (bicyclic) bond motifs is 2. The Bertz CT molecular complexity index is 1120. The topological polar surface area (TPSA) is 96.4 Å². The number of rotatable bonds is 7. The van der Waals surface area contributed by atoms with Crippen LogP contribution in [0.4, 0.5) is 0 Å². The van der Waals surface area contributed by atoms with Gasteiger partial charge in [0, 0.05) is 13.1 Å². The molecule has 6 atom stereocenters. The second-order valence-corrected chi connectivity index (χ2v) is 11.0. The van der Waals surface area contributed by atoms with Crippen LogP contribution in [0.1, 0.15) is 39.2 Å². The van der Waals surface area contributed by atoms with E-state index >= 15 is 0 Å². The highest BCUT2D eigenvalue weighted by atomic mass is 16.6. The molecule has 198 valence electrons. The summed E-state index contributed by atoms with van der Waals surface area (Å²) in [6.45, 7) is 6.51. The first-order valence-electron chi connectivity index (χ1n) is 13.3. The van der Waals surface area contributed by atoms with Gasteiger partial charge in [-0.3, -0.25) is 14.4 Å². The van der Waals surface area contributed by atoms with Gasteiger partial charge in [0.2, 0.25) is 11.8 Å². The number of benzene rings is 1. The Balaban J connectivity index is 1.64. The number of nitrogens with zero attached hydrogens (tertiary/aromatic N) is 2. The number of likely N-dealkylation sites (tertiary alicyclic amines) is 1. The lowest BCUT2D eigenvalue weighted by atomic mass is 9.73. The quantitative estimate of drug-likeness (QED) is 0.449. The fourth-order valence-corrected chi connectivity index (χ4v) is 6.74. The van der Waals surface area contributed by atoms with Gasteiger partial charge in [0.1, 0.15) is 29.8 Å². The van der Waals surface area contributed by atoms with E-state index < -0.39 is 41.1 Å². The van der Waals surface area contributed by atoms with Crippen molar-refractivity contribution in [3.63, 3.8) is 0 Å². The van der Waals surface area contributed by atoms with Crippen LogP contribution in [0.15, 0.2) is 54.6 Å². The monoisotopic (exact) mass is 508 g/mol. The van der Waals surface area contributed by atoms with E-state index in [0.29, 0.717) is 25.9 Å². The van der Waals surface area contributed by atoms with E-state index in [1.165, 1.54) is 4.90 Å². The van der Waals surface area contributed by atoms with Crippen molar-refractivity contribution >= 4 is 17.8 Å². The summed E-state index contributed by atoms with van der Waals surface area (Å²) in [6.07, 6.45) is 8.28. The average Bonchev–Trinajstić information content (AvgIpc) is 3.17. The molecule has 4 aliphatic heterocycles. The molecule has 0 aliphatic carbocycles. The van der Waals surface area contributed by atoms with Crippen molar-refractivity contribution in [2.45, 2.75) is 63.4 Å². The molecule has 1 N–H and O–H groups in total. The molecule has 0 radical (unpaired) electrons. The summed E-state index contributed by atoms with van der Waals surface area (Å²) in [5.41, 5.74) is -1.42. The van der Waals surface area contributed by atoms with Crippen LogP contribution < -0.4 is 0 Å².